The summed E-state index contributed by atoms with van der Waals surface area (Å²) in [6, 6.07) is 20.5. The predicted molar refractivity (Wildman–Crippen MR) is 167 cm³/mol. The Bertz CT molecular complexity index is 1220. The Morgan fingerprint density at radius 3 is 1.56 bits per heavy atom. The molecular weight excluding hydrogens is 564 g/mol. The highest BCUT2D eigenvalue weighted by Crippen LogP contribution is 2.17. The van der Waals surface area contributed by atoms with E-state index in [9.17, 15) is 8.42 Å². The molecule has 3 unspecified atom stereocenters. The Kier molecular flexibility index (Phi) is 15.5. The lowest BCUT2D eigenvalue weighted by atomic mass is 10.0. The number of rotatable bonds is 8. The summed E-state index contributed by atoms with van der Waals surface area (Å²) in [5, 5.41) is 3.25. The van der Waals surface area contributed by atoms with Crippen LogP contribution in [-0.4, -0.2) is 51.8 Å². The van der Waals surface area contributed by atoms with Gasteiger partial charge in [0.05, 0.1) is 25.9 Å². The zero-order valence-corrected chi connectivity index (χ0v) is 25.8. The normalized spacial score (nSPS) is 17.3. The van der Waals surface area contributed by atoms with Gasteiger partial charge in [-0.25, -0.2) is 8.42 Å². The van der Waals surface area contributed by atoms with E-state index in [0.29, 0.717) is 31.6 Å². The summed E-state index contributed by atoms with van der Waals surface area (Å²) >= 11 is -3.13. The van der Waals surface area contributed by atoms with Crippen molar-refractivity contribution < 1.29 is 22.6 Å². The zero-order valence-electron chi connectivity index (χ0n) is 24.2. The molecule has 0 aliphatic carbocycles. The van der Waals surface area contributed by atoms with E-state index in [1.54, 1.807) is 0 Å². The van der Waals surface area contributed by atoms with Crippen LogP contribution in [0.2, 0.25) is 0 Å². The maximum absolute atomic E-state index is 11.4. The van der Waals surface area contributed by atoms with Crippen LogP contribution in [0.1, 0.15) is 70.7 Å². The fourth-order valence-electron chi connectivity index (χ4n) is 3.47. The standard InChI is InChI=1S/C13H17N3O2S.C9H13N.C6H10N2O3S/c1-3-11(10-8-6-5-7-9-10)14-12-13(18-4-2)16-19(17)15-12;1-2-9(10)8-6-4-3-5-7-8;1-3-10-5-6(11-4-2)8-12(9)7-5/h5-9,11H,3-4H2,1-2H3,(H,14,15);3-7,9H,2,10H2,1H3;3-4H2,1-2H3. The first-order valence-corrected chi connectivity index (χ1v) is 15.7. The number of nitrogens with one attached hydrogen (secondary N) is 1. The van der Waals surface area contributed by atoms with Gasteiger partial charge in [-0.15, -0.1) is 17.6 Å². The largest absolute Gasteiger partial charge is 0.475 e. The molecule has 224 valence electrons. The highest BCUT2D eigenvalue weighted by atomic mass is 32.2. The highest BCUT2D eigenvalue weighted by Gasteiger charge is 2.23. The van der Waals surface area contributed by atoms with E-state index in [2.05, 4.69) is 48.9 Å². The summed E-state index contributed by atoms with van der Waals surface area (Å²) in [5.41, 5.74) is 8.18. The van der Waals surface area contributed by atoms with E-state index >= 15 is 0 Å². The molecular formula is C28H40N6O5S2. The molecule has 2 aliphatic rings. The van der Waals surface area contributed by atoms with E-state index in [4.69, 9.17) is 19.9 Å². The second-order valence-electron chi connectivity index (χ2n) is 8.33. The molecule has 13 heteroatoms. The second kappa shape index (κ2) is 18.8. The predicted octanol–water partition coefficient (Wildman–Crippen LogP) is 4.70. The molecule has 0 fully saturated rings. The molecule has 3 N–H and O–H groups in total. The second-order valence-corrected chi connectivity index (χ2v) is 9.98. The number of amidine groups is 1. The summed E-state index contributed by atoms with van der Waals surface area (Å²) in [6.45, 7) is 11.0. The molecule has 2 aromatic rings. The van der Waals surface area contributed by atoms with Crippen molar-refractivity contribution in [2.45, 2.75) is 59.5 Å². The SMILES string of the molecule is CCC(N)c1ccccc1.CCOC1=NS(=O)N=C1NC(CC)c1ccccc1.CCOC1=NS(=O)N=C1OCC. The molecule has 2 aliphatic heterocycles. The topological polar surface area (TPSA) is 149 Å². The lowest BCUT2D eigenvalue weighted by molar-refractivity contribution is 0.298. The van der Waals surface area contributed by atoms with Gasteiger partial charge in [0.25, 0.3) is 40.0 Å². The van der Waals surface area contributed by atoms with Gasteiger partial charge in [-0.2, -0.15) is 0 Å². The number of nitrogens with two attached hydrogens (primary N) is 1. The molecule has 3 atom stereocenters. The van der Waals surface area contributed by atoms with E-state index in [1.165, 1.54) is 5.56 Å². The van der Waals surface area contributed by atoms with Crippen LogP contribution in [0.5, 0.6) is 0 Å². The van der Waals surface area contributed by atoms with Crippen molar-refractivity contribution in [1.82, 2.24) is 5.32 Å². The Morgan fingerprint density at radius 2 is 1.10 bits per heavy atom. The van der Waals surface area contributed by atoms with Gasteiger partial charge in [0.1, 0.15) is 0 Å². The van der Waals surface area contributed by atoms with Crippen LogP contribution in [0.3, 0.4) is 0 Å². The van der Waals surface area contributed by atoms with E-state index < -0.39 is 22.3 Å². The molecule has 0 saturated carbocycles. The first kappa shape index (κ1) is 33.8. The lowest BCUT2D eigenvalue weighted by Gasteiger charge is -2.18. The summed E-state index contributed by atoms with van der Waals surface area (Å²) in [5.74, 6) is 1.27. The van der Waals surface area contributed by atoms with Crippen molar-refractivity contribution in [1.29, 1.82) is 0 Å². The summed E-state index contributed by atoms with van der Waals surface area (Å²) in [6.07, 6.45) is 1.89. The van der Waals surface area contributed by atoms with E-state index in [1.807, 2.05) is 69.3 Å². The van der Waals surface area contributed by atoms with Crippen molar-refractivity contribution in [3.8, 4) is 0 Å². The Labute approximate surface area is 247 Å². The minimum atomic E-state index is -1.57. The quantitative estimate of drug-likeness (QED) is 0.444. The molecule has 4 rings (SSSR count). The number of hydrogen-bond donors (Lipinski definition) is 2. The molecule has 0 saturated heterocycles. The number of benzene rings is 2. The van der Waals surface area contributed by atoms with Gasteiger partial charge < -0.3 is 25.3 Å². The fraction of sp³-hybridized carbons (Fsp3) is 0.429. The highest BCUT2D eigenvalue weighted by molar-refractivity contribution is 7.83. The number of nitrogens with zero attached hydrogens (tertiary/aromatic N) is 4. The third kappa shape index (κ3) is 11.5. The van der Waals surface area contributed by atoms with Crippen LogP contribution in [0, 0.1) is 0 Å². The molecule has 0 aromatic heterocycles. The number of hydrogen-bond acceptors (Lipinski definition) is 7. The first-order valence-electron chi connectivity index (χ1n) is 13.6. The average molecular weight is 605 g/mol. The maximum atomic E-state index is 11.4. The van der Waals surface area contributed by atoms with Crippen LogP contribution in [0.15, 0.2) is 78.3 Å². The molecule has 0 spiro atoms. The van der Waals surface area contributed by atoms with Crippen LogP contribution < -0.4 is 11.1 Å². The monoisotopic (exact) mass is 604 g/mol. The van der Waals surface area contributed by atoms with Gasteiger partial charge in [-0.3, -0.25) is 0 Å². The van der Waals surface area contributed by atoms with Crippen molar-refractivity contribution in [2.75, 3.05) is 19.8 Å². The lowest BCUT2D eigenvalue weighted by Crippen LogP contribution is -2.34. The van der Waals surface area contributed by atoms with Gasteiger partial charge in [-0.1, -0.05) is 74.5 Å². The van der Waals surface area contributed by atoms with E-state index in [-0.39, 0.29) is 23.9 Å². The Balaban J connectivity index is 0.000000230. The summed E-state index contributed by atoms with van der Waals surface area (Å²) in [4.78, 5) is 0. The first-order chi connectivity index (χ1) is 19.9. The zero-order chi connectivity index (χ0) is 30.0. The third-order valence-corrected chi connectivity index (χ3v) is 6.77. The fourth-order valence-corrected chi connectivity index (χ4v) is 4.66. The molecule has 11 nitrogen and oxygen atoms in total. The average Bonchev–Trinajstić information content (AvgIpc) is 3.53. The van der Waals surface area contributed by atoms with Crippen LogP contribution in [0.4, 0.5) is 0 Å². The minimum absolute atomic E-state index is 0.0979. The molecule has 41 heavy (non-hydrogen) atoms. The van der Waals surface area contributed by atoms with Gasteiger partial charge in [0.15, 0.2) is 0 Å². The molecule has 2 heterocycles. The van der Waals surface area contributed by atoms with Crippen LogP contribution in [-0.2, 0) is 36.6 Å². The van der Waals surface area contributed by atoms with Crippen molar-refractivity contribution in [3.63, 3.8) is 0 Å². The summed E-state index contributed by atoms with van der Waals surface area (Å²) < 4.78 is 52.6. The minimum Gasteiger partial charge on any atom is -0.475 e. The molecule has 0 amide bonds. The van der Waals surface area contributed by atoms with Crippen LogP contribution >= 0.6 is 0 Å². The van der Waals surface area contributed by atoms with Crippen LogP contribution in [0.25, 0.3) is 0 Å². The van der Waals surface area contributed by atoms with Gasteiger partial charge in [0.2, 0.25) is 5.84 Å². The molecule has 0 radical (unpaired) electrons. The van der Waals surface area contributed by atoms with Gasteiger partial charge >= 0.3 is 0 Å². The Hall–Kier alpha value is -3.42. The molecule has 0 bridgehead atoms. The molecule has 2 aromatic carbocycles. The third-order valence-electron chi connectivity index (χ3n) is 5.47. The van der Waals surface area contributed by atoms with E-state index in [0.717, 1.165) is 18.4 Å². The van der Waals surface area contributed by atoms with Gasteiger partial charge in [-0.05, 0) is 44.7 Å². The Morgan fingerprint density at radius 1 is 0.659 bits per heavy atom. The summed E-state index contributed by atoms with van der Waals surface area (Å²) in [7, 11) is 0. The number of ether oxygens (including phenoxy) is 3. The van der Waals surface area contributed by atoms with Crippen molar-refractivity contribution in [3.05, 3.63) is 71.8 Å². The smallest absolute Gasteiger partial charge is 0.289 e. The van der Waals surface area contributed by atoms with Crippen molar-refractivity contribution >= 4 is 45.9 Å². The maximum Gasteiger partial charge on any atom is 0.289 e. The van der Waals surface area contributed by atoms with Gasteiger partial charge in [0, 0.05) is 6.04 Å². The van der Waals surface area contributed by atoms with Crippen molar-refractivity contribution in [2.24, 2.45) is 23.3 Å².